The molecule has 0 aromatic carbocycles. The summed E-state index contributed by atoms with van der Waals surface area (Å²) in [6.07, 6.45) is 8.40. The van der Waals surface area contributed by atoms with Gasteiger partial charge in [0.1, 0.15) is 5.01 Å². The molecule has 1 saturated carbocycles. The highest BCUT2D eigenvalue weighted by Gasteiger charge is 2.21. The standard InChI is InChI=1S/C21H28N6OS3/c1-3-8-16-11-15(12-29-16)18-23-26-21(27(18)4-2)30-13-17(28)22-20-25-24-19(31-20)14-9-6-5-7-10-14/h11-12,14H,3-10,13H2,1-2H3,(H,22,25,28). The fraction of sp³-hybridized carbons (Fsp3) is 0.571. The van der Waals surface area contributed by atoms with Crippen molar-refractivity contribution in [3.63, 3.8) is 0 Å². The third-order valence-electron chi connectivity index (χ3n) is 5.42. The summed E-state index contributed by atoms with van der Waals surface area (Å²) in [7, 11) is 0. The molecule has 0 saturated heterocycles. The van der Waals surface area contributed by atoms with E-state index in [9.17, 15) is 4.79 Å². The molecule has 7 nitrogen and oxygen atoms in total. The average Bonchev–Trinajstić information content (AvgIpc) is 3.52. The number of hydrogen-bond acceptors (Lipinski definition) is 8. The van der Waals surface area contributed by atoms with Crippen molar-refractivity contribution < 1.29 is 4.79 Å². The number of thiophene rings is 1. The van der Waals surface area contributed by atoms with Gasteiger partial charge in [0.25, 0.3) is 0 Å². The first-order chi connectivity index (χ1) is 15.2. The second kappa shape index (κ2) is 10.7. The molecule has 1 fully saturated rings. The summed E-state index contributed by atoms with van der Waals surface area (Å²) in [6, 6.07) is 2.20. The number of nitrogens with zero attached hydrogens (tertiary/aromatic N) is 5. The Hall–Kier alpha value is -1.78. The van der Waals surface area contributed by atoms with Gasteiger partial charge in [-0.05, 0) is 32.3 Å². The van der Waals surface area contributed by atoms with Crippen LogP contribution in [0.4, 0.5) is 5.13 Å². The minimum atomic E-state index is -0.0932. The zero-order valence-corrected chi connectivity index (χ0v) is 20.4. The molecule has 4 rings (SSSR count). The normalized spacial score (nSPS) is 14.8. The van der Waals surface area contributed by atoms with E-state index in [1.54, 1.807) is 11.3 Å². The summed E-state index contributed by atoms with van der Waals surface area (Å²) in [5.74, 6) is 1.54. The summed E-state index contributed by atoms with van der Waals surface area (Å²) >= 11 is 4.68. The van der Waals surface area contributed by atoms with Crippen LogP contribution in [0, 0.1) is 0 Å². The lowest BCUT2D eigenvalue weighted by atomic mass is 9.90. The number of aryl methyl sites for hydroxylation is 1. The Morgan fingerprint density at radius 2 is 2.03 bits per heavy atom. The summed E-state index contributed by atoms with van der Waals surface area (Å²) in [5, 5.41) is 24.7. The Morgan fingerprint density at radius 1 is 1.19 bits per heavy atom. The number of aromatic nitrogens is 5. The lowest BCUT2D eigenvalue weighted by Crippen LogP contribution is -2.14. The molecule has 166 valence electrons. The average molecular weight is 477 g/mol. The minimum Gasteiger partial charge on any atom is -0.302 e. The first kappa shape index (κ1) is 22.4. The van der Waals surface area contributed by atoms with Gasteiger partial charge in [-0.25, -0.2) is 0 Å². The molecule has 1 N–H and O–H groups in total. The highest BCUT2D eigenvalue weighted by Crippen LogP contribution is 2.35. The van der Waals surface area contributed by atoms with Crippen molar-refractivity contribution in [1.82, 2.24) is 25.0 Å². The topological polar surface area (TPSA) is 85.6 Å². The molecule has 0 aliphatic heterocycles. The van der Waals surface area contributed by atoms with E-state index in [-0.39, 0.29) is 11.7 Å². The Balaban J connectivity index is 1.35. The number of rotatable bonds is 9. The first-order valence-electron chi connectivity index (χ1n) is 10.9. The van der Waals surface area contributed by atoms with Crippen molar-refractivity contribution >= 4 is 45.5 Å². The molecular formula is C21H28N6OS3. The van der Waals surface area contributed by atoms with Crippen LogP contribution in [0.1, 0.15) is 68.2 Å². The molecule has 1 amide bonds. The number of carbonyl (C=O) groups is 1. The number of carbonyl (C=O) groups excluding carboxylic acids is 1. The predicted octanol–water partition coefficient (Wildman–Crippen LogP) is 5.61. The molecule has 0 spiro atoms. The van der Waals surface area contributed by atoms with E-state index in [1.807, 2.05) is 0 Å². The minimum absolute atomic E-state index is 0.0932. The molecule has 3 heterocycles. The number of amides is 1. The van der Waals surface area contributed by atoms with Crippen molar-refractivity contribution in [2.24, 2.45) is 0 Å². The van der Waals surface area contributed by atoms with Crippen LogP contribution < -0.4 is 5.32 Å². The summed E-state index contributed by atoms with van der Waals surface area (Å²) in [5.41, 5.74) is 1.10. The van der Waals surface area contributed by atoms with Crippen LogP contribution in [-0.4, -0.2) is 36.6 Å². The van der Waals surface area contributed by atoms with Gasteiger partial charge in [-0.15, -0.1) is 31.7 Å². The lowest BCUT2D eigenvalue weighted by molar-refractivity contribution is -0.113. The summed E-state index contributed by atoms with van der Waals surface area (Å²) in [6.45, 7) is 5.02. The van der Waals surface area contributed by atoms with E-state index < -0.39 is 0 Å². The van der Waals surface area contributed by atoms with E-state index in [4.69, 9.17) is 0 Å². The molecule has 10 heteroatoms. The third-order valence-corrected chi connectivity index (χ3v) is 8.38. The van der Waals surface area contributed by atoms with Crippen molar-refractivity contribution in [2.45, 2.75) is 76.4 Å². The Bertz CT molecular complexity index is 1000. The van der Waals surface area contributed by atoms with E-state index >= 15 is 0 Å². The first-order valence-corrected chi connectivity index (χ1v) is 13.6. The molecule has 1 aliphatic carbocycles. The van der Waals surface area contributed by atoms with E-state index in [2.05, 4.69) is 55.6 Å². The maximum Gasteiger partial charge on any atom is 0.236 e. The van der Waals surface area contributed by atoms with Crippen LogP contribution in [0.2, 0.25) is 0 Å². The maximum absolute atomic E-state index is 12.5. The second-order valence-electron chi connectivity index (χ2n) is 7.72. The second-order valence-corrected chi connectivity index (χ2v) is 10.7. The summed E-state index contributed by atoms with van der Waals surface area (Å²) < 4.78 is 2.07. The molecule has 0 radical (unpaired) electrons. The lowest BCUT2D eigenvalue weighted by Gasteiger charge is -2.18. The van der Waals surface area contributed by atoms with Gasteiger partial charge in [-0.3, -0.25) is 10.1 Å². The van der Waals surface area contributed by atoms with Gasteiger partial charge in [0.05, 0.1) is 5.75 Å². The molecule has 0 bridgehead atoms. The molecule has 31 heavy (non-hydrogen) atoms. The van der Waals surface area contributed by atoms with E-state index in [1.165, 1.54) is 60.1 Å². The van der Waals surface area contributed by atoms with Gasteiger partial charge >= 0.3 is 0 Å². The van der Waals surface area contributed by atoms with Crippen LogP contribution in [0.25, 0.3) is 11.4 Å². The maximum atomic E-state index is 12.5. The molecule has 0 atom stereocenters. The van der Waals surface area contributed by atoms with Gasteiger partial charge in [-0.2, -0.15) is 0 Å². The molecule has 1 aliphatic rings. The van der Waals surface area contributed by atoms with Crippen molar-refractivity contribution in [2.75, 3.05) is 11.1 Å². The molecular weight excluding hydrogens is 448 g/mol. The number of hydrogen-bond donors (Lipinski definition) is 1. The fourth-order valence-electron chi connectivity index (χ4n) is 3.85. The highest BCUT2D eigenvalue weighted by molar-refractivity contribution is 7.99. The van der Waals surface area contributed by atoms with Gasteiger partial charge in [0.2, 0.25) is 11.0 Å². The van der Waals surface area contributed by atoms with Gasteiger partial charge in [0, 0.05) is 28.3 Å². The van der Waals surface area contributed by atoms with Crippen LogP contribution in [0.5, 0.6) is 0 Å². The van der Waals surface area contributed by atoms with Crippen LogP contribution in [0.3, 0.4) is 0 Å². The van der Waals surface area contributed by atoms with Gasteiger partial charge in [-0.1, -0.05) is 55.7 Å². The monoisotopic (exact) mass is 476 g/mol. The van der Waals surface area contributed by atoms with Crippen molar-refractivity contribution in [3.8, 4) is 11.4 Å². The van der Waals surface area contributed by atoms with Crippen LogP contribution >= 0.6 is 34.4 Å². The number of anilines is 1. The largest absolute Gasteiger partial charge is 0.302 e. The fourth-order valence-corrected chi connectivity index (χ4v) is 6.55. The SMILES string of the molecule is CCCc1cc(-c2nnc(SCC(=O)Nc3nnc(C4CCCCC4)s3)n2CC)cs1. The highest BCUT2D eigenvalue weighted by atomic mass is 32.2. The predicted molar refractivity (Wildman–Crippen MR) is 128 cm³/mol. The van der Waals surface area contributed by atoms with E-state index in [0.717, 1.165) is 40.9 Å². The number of thioether (sulfide) groups is 1. The van der Waals surface area contributed by atoms with Crippen molar-refractivity contribution in [3.05, 3.63) is 21.3 Å². The summed E-state index contributed by atoms with van der Waals surface area (Å²) in [4.78, 5) is 13.8. The third kappa shape index (κ3) is 5.53. The Labute approximate surface area is 195 Å². The van der Waals surface area contributed by atoms with Crippen LogP contribution in [-0.2, 0) is 17.8 Å². The zero-order valence-electron chi connectivity index (χ0n) is 18.0. The smallest absolute Gasteiger partial charge is 0.236 e. The van der Waals surface area contributed by atoms with Gasteiger partial charge < -0.3 is 4.57 Å². The molecule has 3 aromatic rings. The zero-order chi connectivity index (χ0) is 21.6. The number of nitrogens with one attached hydrogen (secondary N) is 1. The molecule has 3 aromatic heterocycles. The Morgan fingerprint density at radius 3 is 2.81 bits per heavy atom. The van der Waals surface area contributed by atoms with Gasteiger partial charge in [0.15, 0.2) is 11.0 Å². The molecule has 0 unspecified atom stereocenters. The van der Waals surface area contributed by atoms with Crippen molar-refractivity contribution in [1.29, 1.82) is 0 Å². The Kier molecular flexibility index (Phi) is 7.73. The quantitative estimate of drug-likeness (QED) is 0.404. The van der Waals surface area contributed by atoms with E-state index in [0.29, 0.717) is 11.0 Å². The van der Waals surface area contributed by atoms with Crippen LogP contribution in [0.15, 0.2) is 16.6 Å².